The van der Waals surface area contributed by atoms with Gasteiger partial charge in [-0.1, -0.05) is 90.5 Å². The number of benzene rings is 4. The highest BCUT2D eigenvalue weighted by Gasteiger charge is 2.38. The van der Waals surface area contributed by atoms with Crippen molar-refractivity contribution in [2.45, 2.75) is 18.0 Å². The zero-order valence-corrected chi connectivity index (χ0v) is 21.9. The van der Waals surface area contributed by atoms with Crippen molar-refractivity contribution in [3.63, 3.8) is 0 Å². The summed E-state index contributed by atoms with van der Waals surface area (Å²) in [7, 11) is -4.02. The Labute approximate surface area is 226 Å². The minimum absolute atomic E-state index is 0.0666. The topological polar surface area (TPSA) is 89.6 Å². The first-order chi connectivity index (χ1) is 18.5. The molecule has 0 heterocycles. The van der Waals surface area contributed by atoms with Crippen LogP contribution >= 0.6 is 0 Å². The highest BCUT2D eigenvalue weighted by Crippen LogP contribution is 2.42. The van der Waals surface area contributed by atoms with Crippen LogP contribution in [0.1, 0.15) is 22.3 Å². The van der Waals surface area contributed by atoms with Crippen LogP contribution in [0.5, 0.6) is 5.75 Å². The minimum Gasteiger partial charge on any atom is -0.492 e. The summed E-state index contributed by atoms with van der Waals surface area (Å²) in [6.07, 6.45) is -4.53. The lowest BCUT2D eigenvalue weighted by molar-refractivity contribution is -0.0685. The molecule has 0 aliphatic rings. The van der Waals surface area contributed by atoms with E-state index in [1.165, 1.54) is 24.3 Å². The van der Waals surface area contributed by atoms with E-state index in [9.17, 15) is 21.6 Å². The molecule has 4 rings (SSSR count). The van der Waals surface area contributed by atoms with E-state index in [4.69, 9.17) is 15.0 Å². The third kappa shape index (κ3) is 8.54. The van der Waals surface area contributed by atoms with Gasteiger partial charge in [-0.05, 0) is 47.9 Å². The van der Waals surface area contributed by atoms with E-state index in [0.29, 0.717) is 30.0 Å². The maximum absolute atomic E-state index is 14.2. The van der Waals surface area contributed by atoms with E-state index in [0.717, 1.165) is 5.56 Å². The van der Waals surface area contributed by atoms with Crippen LogP contribution in [-0.4, -0.2) is 32.3 Å². The quantitative estimate of drug-likeness (QED) is 0.194. The maximum Gasteiger partial charge on any atom is 0.417 e. The third-order valence-electron chi connectivity index (χ3n) is 5.51. The number of nitrogens with two attached hydrogens (primary N) is 1. The smallest absolute Gasteiger partial charge is 0.417 e. The second-order valence-electron chi connectivity index (χ2n) is 8.43. The van der Waals surface area contributed by atoms with Crippen LogP contribution in [0.3, 0.4) is 0 Å². The Morgan fingerprint density at radius 1 is 0.769 bits per heavy atom. The van der Waals surface area contributed by atoms with Gasteiger partial charge in [-0.25, -0.2) is 0 Å². The third-order valence-corrected chi connectivity index (χ3v) is 6.37. The molecule has 3 N–H and O–H groups in total. The molecular weight excluding hydrogens is 527 g/mol. The Hall–Kier alpha value is -3.92. The molecule has 0 unspecified atom stereocenters. The zero-order valence-electron chi connectivity index (χ0n) is 21.1. The molecule has 0 saturated carbocycles. The Balaban J connectivity index is 0.000000320. The van der Waals surface area contributed by atoms with Crippen LogP contribution in [0.2, 0.25) is 0 Å². The summed E-state index contributed by atoms with van der Waals surface area (Å²) < 4.78 is 77.5. The van der Waals surface area contributed by atoms with E-state index < -0.39 is 21.9 Å². The zero-order chi connectivity index (χ0) is 28.5. The van der Waals surface area contributed by atoms with Gasteiger partial charge in [0.05, 0.1) is 10.5 Å². The summed E-state index contributed by atoms with van der Waals surface area (Å²) in [5, 5.41) is 0. The molecular formula is C30H28F3NO4S. The summed E-state index contributed by atoms with van der Waals surface area (Å²) >= 11 is 0. The van der Waals surface area contributed by atoms with Crippen molar-refractivity contribution in [1.29, 1.82) is 0 Å². The molecule has 0 spiro atoms. The highest BCUT2D eigenvalue weighted by molar-refractivity contribution is 7.85. The van der Waals surface area contributed by atoms with Crippen molar-refractivity contribution in [3.8, 4) is 5.75 Å². The first-order valence-electron chi connectivity index (χ1n) is 11.9. The molecule has 0 fully saturated rings. The molecule has 204 valence electrons. The number of aryl methyl sites for hydroxylation is 1. The van der Waals surface area contributed by atoms with Crippen LogP contribution in [0.25, 0.3) is 11.1 Å². The highest BCUT2D eigenvalue weighted by atomic mass is 32.2. The Morgan fingerprint density at radius 3 is 1.72 bits per heavy atom. The lowest BCUT2D eigenvalue weighted by Gasteiger charge is -2.20. The number of ether oxygens (including phenoxy) is 1. The standard InChI is InChI=1S/C23H20F3NO.C7H8O3S/c24-23(25,26)22(19-9-5-2-6-10-19)21(17-7-3-1-4-8-17)18-11-13-20(14-12-18)28-16-15-27;1-6-2-4-7(5-3-6)11(8,9)10/h1-14H,15-16,27H2;2-5H,1H3,(H,8,9,10)/b22-21+;. The van der Waals surface area contributed by atoms with E-state index in [1.807, 2.05) is 6.92 Å². The number of rotatable bonds is 7. The molecule has 0 amide bonds. The molecule has 0 atom stereocenters. The summed E-state index contributed by atoms with van der Waals surface area (Å²) in [6, 6.07) is 29.1. The molecule has 0 radical (unpaired) electrons. The molecule has 0 bridgehead atoms. The van der Waals surface area contributed by atoms with Crippen LogP contribution < -0.4 is 10.5 Å². The fourth-order valence-corrected chi connectivity index (χ4v) is 4.20. The fraction of sp³-hybridized carbons (Fsp3) is 0.133. The van der Waals surface area contributed by atoms with Gasteiger partial charge in [-0.15, -0.1) is 0 Å². The molecule has 39 heavy (non-hydrogen) atoms. The monoisotopic (exact) mass is 555 g/mol. The van der Waals surface area contributed by atoms with E-state index in [-0.39, 0.29) is 16.0 Å². The van der Waals surface area contributed by atoms with Gasteiger partial charge in [-0.3, -0.25) is 4.55 Å². The van der Waals surface area contributed by atoms with E-state index in [2.05, 4.69) is 0 Å². The van der Waals surface area contributed by atoms with Gasteiger partial charge < -0.3 is 10.5 Å². The fourth-order valence-electron chi connectivity index (χ4n) is 3.72. The molecule has 4 aromatic carbocycles. The lowest BCUT2D eigenvalue weighted by atomic mass is 9.89. The summed E-state index contributed by atoms with van der Waals surface area (Å²) in [5.41, 5.74) is 6.92. The molecule has 0 aliphatic heterocycles. The van der Waals surface area contributed by atoms with Crippen molar-refractivity contribution in [1.82, 2.24) is 0 Å². The molecule has 0 saturated heterocycles. The molecule has 5 nitrogen and oxygen atoms in total. The number of halogens is 3. The van der Waals surface area contributed by atoms with Gasteiger partial charge in [-0.2, -0.15) is 21.6 Å². The van der Waals surface area contributed by atoms with Crippen molar-refractivity contribution >= 4 is 21.3 Å². The average Bonchev–Trinajstić information content (AvgIpc) is 2.91. The van der Waals surface area contributed by atoms with Crippen molar-refractivity contribution in [2.75, 3.05) is 13.2 Å². The first kappa shape index (κ1) is 29.6. The van der Waals surface area contributed by atoms with Crippen LogP contribution in [0.15, 0.2) is 114 Å². The second-order valence-corrected chi connectivity index (χ2v) is 9.85. The first-order valence-corrected chi connectivity index (χ1v) is 13.3. The van der Waals surface area contributed by atoms with Gasteiger partial charge in [0.2, 0.25) is 0 Å². The lowest BCUT2D eigenvalue weighted by Crippen LogP contribution is -2.14. The van der Waals surface area contributed by atoms with Crippen LogP contribution in [0, 0.1) is 6.92 Å². The Bertz CT molecular complexity index is 1470. The van der Waals surface area contributed by atoms with Gasteiger partial charge in [0, 0.05) is 12.1 Å². The Kier molecular flexibility index (Phi) is 10.1. The molecule has 0 aliphatic carbocycles. The summed E-state index contributed by atoms with van der Waals surface area (Å²) in [4.78, 5) is -0.0666. The number of alkyl halides is 3. The largest absolute Gasteiger partial charge is 0.492 e. The van der Waals surface area contributed by atoms with Gasteiger partial charge in [0.25, 0.3) is 10.1 Å². The van der Waals surface area contributed by atoms with Gasteiger partial charge >= 0.3 is 6.18 Å². The van der Waals surface area contributed by atoms with Crippen LogP contribution in [0.4, 0.5) is 13.2 Å². The SMILES string of the molecule is Cc1ccc(S(=O)(=O)O)cc1.NCCOc1ccc(/C(=C(\c2ccccc2)C(F)(F)F)c2ccccc2)cc1. The number of hydrogen-bond donors (Lipinski definition) is 2. The molecule has 0 aromatic heterocycles. The maximum atomic E-state index is 14.2. The van der Waals surface area contributed by atoms with E-state index >= 15 is 0 Å². The number of allylic oxidation sites excluding steroid dienone is 1. The van der Waals surface area contributed by atoms with Crippen molar-refractivity contribution in [3.05, 3.63) is 131 Å². The van der Waals surface area contributed by atoms with Crippen molar-refractivity contribution < 1.29 is 30.9 Å². The molecule has 4 aromatic rings. The van der Waals surface area contributed by atoms with E-state index in [1.54, 1.807) is 84.9 Å². The predicted molar refractivity (Wildman–Crippen MR) is 147 cm³/mol. The van der Waals surface area contributed by atoms with Gasteiger partial charge in [0.1, 0.15) is 12.4 Å². The average molecular weight is 556 g/mol. The number of hydrogen-bond acceptors (Lipinski definition) is 4. The van der Waals surface area contributed by atoms with Crippen LogP contribution in [-0.2, 0) is 10.1 Å². The summed E-state index contributed by atoms with van der Waals surface area (Å²) in [6.45, 7) is 2.55. The van der Waals surface area contributed by atoms with Crippen molar-refractivity contribution in [2.24, 2.45) is 5.73 Å². The Morgan fingerprint density at radius 2 is 1.26 bits per heavy atom. The predicted octanol–water partition coefficient (Wildman–Crippen LogP) is 6.79. The second kappa shape index (κ2) is 13.2. The van der Waals surface area contributed by atoms with Gasteiger partial charge in [0.15, 0.2) is 0 Å². The normalized spacial score (nSPS) is 12.2. The summed E-state index contributed by atoms with van der Waals surface area (Å²) in [5.74, 6) is 0.565. The molecule has 9 heteroatoms. The minimum atomic E-state index is -4.53.